The number of rotatable bonds is 6. The van der Waals surface area contributed by atoms with Crippen LogP contribution in [0.3, 0.4) is 0 Å². The first-order valence-corrected chi connectivity index (χ1v) is 11.0. The van der Waals surface area contributed by atoms with E-state index in [1.165, 1.54) is 28.0 Å². The zero-order valence-corrected chi connectivity index (χ0v) is 18.8. The molecule has 4 aromatic rings. The molecule has 8 heteroatoms. The van der Waals surface area contributed by atoms with E-state index in [0.29, 0.717) is 22.6 Å². The highest BCUT2D eigenvalue weighted by Crippen LogP contribution is 2.36. The van der Waals surface area contributed by atoms with Gasteiger partial charge >= 0.3 is 0 Å². The zero-order chi connectivity index (χ0) is 22.8. The first-order valence-electron chi connectivity index (χ1n) is 10.2. The van der Waals surface area contributed by atoms with Crippen LogP contribution in [-0.2, 0) is 11.3 Å². The van der Waals surface area contributed by atoms with Gasteiger partial charge in [0, 0.05) is 10.4 Å². The maximum atomic E-state index is 13.9. The second-order valence-corrected chi connectivity index (χ2v) is 8.45. The van der Waals surface area contributed by atoms with E-state index in [1.807, 2.05) is 38.1 Å². The minimum absolute atomic E-state index is 0.0682. The molecule has 2 aromatic carbocycles. The summed E-state index contributed by atoms with van der Waals surface area (Å²) in [6.07, 6.45) is 0. The first kappa shape index (κ1) is 21.7. The fraction of sp³-hybridized carbons (Fsp3) is 0.208. The number of anilines is 1. The third-order valence-corrected chi connectivity index (χ3v) is 6.08. The number of aromatic nitrogens is 2. The number of benzene rings is 2. The Morgan fingerprint density at radius 1 is 1.16 bits per heavy atom. The number of amides is 1. The zero-order valence-electron chi connectivity index (χ0n) is 17.9. The van der Waals surface area contributed by atoms with Crippen molar-refractivity contribution in [3.63, 3.8) is 0 Å². The van der Waals surface area contributed by atoms with Gasteiger partial charge in [0.25, 0.3) is 5.56 Å². The van der Waals surface area contributed by atoms with Gasteiger partial charge in [-0.15, -0.1) is 11.3 Å². The molecule has 164 valence electrons. The van der Waals surface area contributed by atoms with Crippen molar-refractivity contribution in [3.05, 3.63) is 75.4 Å². The third-order valence-electron chi connectivity index (χ3n) is 5.08. The number of nitrogens with zero attached hydrogens (tertiary/aromatic N) is 2. The molecule has 1 amide bonds. The second kappa shape index (κ2) is 8.92. The van der Waals surface area contributed by atoms with Gasteiger partial charge in [-0.1, -0.05) is 24.3 Å². The number of thiophene rings is 1. The molecule has 0 aliphatic carbocycles. The summed E-state index contributed by atoms with van der Waals surface area (Å²) in [6, 6.07) is 13.4. The Hall–Kier alpha value is -3.52. The van der Waals surface area contributed by atoms with Gasteiger partial charge in [-0.2, -0.15) is 0 Å². The normalized spacial score (nSPS) is 11.0. The number of aryl methyl sites for hydroxylation is 2. The molecule has 1 N–H and O–H groups in total. The Bertz CT molecular complexity index is 1360. The maximum absolute atomic E-state index is 13.9. The topological polar surface area (TPSA) is 73.2 Å². The van der Waals surface area contributed by atoms with E-state index in [4.69, 9.17) is 4.74 Å². The number of hydrogen-bond donors (Lipinski definition) is 1. The summed E-state index contributed by atoms with van der Waals surface area (Å²) in [5, 5.41) is 2.99. The van der Waals surface area contributed by atoms with Crippen LogP contribution in [0.15, 0.2) is 53.3 Å². The highest BCUT2D eigenvalue weighted by atomic mass is 32.1. The molecular weight excluding hydrogens is 429 g/mol. The van der Waals surface area contributed by atoms with E-state index in [9.17, 15) is 14.0 Å². The minimum atomic E-state index is -0.537. The predicted molar refractivity (Wildman–Crippen MR) is 125 cm³/mol. The monoisotopic (exact) mass is 451 g/mol. The van der Waals surface area contributed by atoms with Gasteiger partial charge in [0.2, 0.25) is 5.91 Å². The van der Waals surface area contributed by atoms with Gasteiger partial charge in [0.1, 0.15) is 28.8 Å². The number of halogens is 1. The molecule has 0 bridgehead atoms. The summed E-state index contributed by atoms with van der Waals surface area (Å²) in [7, 11) is 0. The van der Waals surface area contributed by atoms with Crippen molar-refractivity contribution >= 4 is 33.1 Å². The highest BCUT2D eigenvalue weighted by Gasteiger charge is 2.20. The van der Waals surface area contributed by atoms with Gasteiger partial charge in [0.15, 0.2) is 0 Å². The Balaban J connectivity index is 1.73. The number of fused-ring (bicyclic) bond motifs is 1. The Morgan fingerprint density at radius 2 is 1.88 bits per heavy atom. The lowest BCUT2D eigenvalue weighted by molar-refractivity contribution is -0.116. The molecule has 0 aliphatic rings. The van der Waals surface area contributed by atoms with Crippen molar-refractivity contribution in [3.8, 4) is 16.9 Å². The fourth-order valence-electron chi connectivity index (χ4n) is 3.61. The predicted octanol–water partition coefficient (Wildman–Crippen LogP) is 4.92. The van der Waals surface area contributed by atoms with Crippen LogP contribution in [0, 0.1) is 19.7 Å². The van der Waals surface area contributed by atoms with E-state index in [1.54, 1.807) is 19.1 Å². The average Bonchev–Trinajstić information content (AvgIpc) is 3.09. The lowest BCUT2D eigenvalue weighted by Gasteiger charge is -2.11. The number of nitrogens with one attached hydrogen (secondary N) is 1. The standard InChI is InChI=1S/C24H22FN3O3S/c1-4-31-17-11-9-16(10-12-17)21-14(2)32-23-22(21)24(30)28(15(3)26-23)13-20(29)27-19-8-6-5-7-18(19)25/h5-12H,4,13H2,1-3H3,(H,27,29). The summed E-state index contributed by atoms with van der Waals surface area (Å²) >= 11 is 1.44. The average molecular weight is 452 g/mol. The lowest BCUT2D eigenvalue weighted by atomic mass is 10.0. The van der Waals surface area contributed by atoms with E-state index < -0.39 is 11.7 Å². The van der Waals surface area contributed by atoms with Crippen LogP contribution in [0.4, 0.5) is 10.1 Å². The molecule has 0 radical (unpaired) electrons. The molecule has 6 nitrogen and oxygen atoms in total. The van der Waals surface area contributed by atoms with Gasteiger partial charge in [-0.25, -0.2) is 9.37 Å². The number of hydrogen-bond acceptors (Lipinski definition) is 5. The van der Waals surface area contributed by atoms with Crippen LogP contribution in [0.25, 0.3) is 21.3 Å². The van der Waals surface area contributed by atoms with Gasteiger partial charge in [0.05, 0.1) is 17.7 Å². The molecule has 2 aromatic heterocycles. The van der Waals surface area contributed by atoms with Crippen molar-refractivity contribution in [1.29, 1.82) is 0 Å². The van der Waals surface area contributed by atoms with Gasteiger partial charge in [-0.3, -0.25) is 14.2 Å². The van der Waals surface area contributed by atoms with Gasteiger partial charge in [-0.05, 0) is 50.6 Å². The Morgan fingerprint density at radius 3 is 2.56 bits per heavy atom. The second-order valence-electron chi connectivity index (χ2n) is 7.25. The molecule has 0 spiro atoms. The number of ether oxygens (including phenoxy) is 1. The van der Waals surface area contributed by atoms with Crippen molar-refractivity contribution in [2.45, 2.75) is 27.3 Å². The molecule has 2 heterocycles. The SMILES string of the molecule is CCOc1ccc(-c2c(C)sc3nc(C)n(CC(=O)Nc4ccccc4F)c(=O)c23)cc1. The summed E-state index contributed by atoms with van der Waals surface area (Å²) in [4.78, 5) is 32.1. The lowest BCUT2D eigenvalue weighted by Crippen LogP contribution is -2.30. The molecule has 0 saturated heterocycles. The molecule has 0 unspecified atom stereocenters. The molecule has 32 heavy (non-hydrogen) atoms. The summed E-state index contributed by atoms with van der Waals surface area (Å²) in [5.74, 6) is 0.135. The van der Waals surface area contributed by atoms with Crippen LogP contribution < -0.4 is 15.6 Å². The first-order chi connectivity index (χ1) is 15.4. The largest absolute Gasteiger partial charge is 0.494 e. The molecular formula is C24H22FN3O3S. The number of carbonyl (C=O) groups is 1. The van der Waals surface area contributed by atoms with Crippen LogP contribution in [-0.4, -0.2) is 22.1 Å². The highest BCUT2D eigenvalue weighted by molar-refractivity contribution is 7.19. The quantitative estimate of drug-likeness (QED) is 0.452. The molecule has 0 aliphatic heterocycles. The van der Waals surface area contributed by atoms with Crippen LogP contribution in [0.2, 0.25) is 0 Å². The molecule has 4 rings (SSSR count). The van der Waals surface area contributed by atoms with Crippen LogP contribution in [0.5, 0.6) is 5.75 Å². The van der Waals surface area contributed by atoms with Crippen molar-refractivity contribution in [1.82, 2.24) is 9.55 Å². The van der Waals surface area contributed by atoms with E-state index in [-0.39, 0.29) is 17.8 Å². The van der Waals surface area contributed by atoms with Crippen LogP contribution in [0.1, 0.15) is 17.6 Å². The van der Waals surface area contributed by atoms with Gasteiger partial charge < -0.3 is 10.1 Å². The third kappa shape index (κ3) is 4.13. The van der Waals surface area contributed by atoms with E-state index in [2.05, 4.69) is 10.3 Å². The molecule has 0 atom stereocenters. The van der Waals surface area contributed by atoms with Crippen LogP contribution >= 0.6 is 11.3 Å². The molecule has 0 saturated carbocycles. The fourth-order valence-corrected chi connectivity index (χ4v) is 4.69. The molecule has 0 fully saturated rings. The van der Waals surface area contributed by atoms with E-state index >= 15 is 0 Å². The number of carbonyl (C=O) groups excluding carboxylic acids is 1. The van der Waals surface area contributed by atoms with Crippen molar-refractivity contribution in [2.75, 3.05) is 11.9 Å². The number of para-hydroxylation sites is 1. The van der Waals surface area contributed by atoms with Crippen molar-refractivity contribution < 1.29 is 13.9 Å². The summed E-state index contributed by atoms with van der Waals surface area (Å²) in [5.41, 5.74) is 1.44. The Kier molecular flexibility index (Phi) is 6.05. The smallest absolute Gasteiger partial charge is 0.263 e. The van der Waals surface area contributed by atoms with E-state index in [0.717, 1.165) is 21.8 Å². The maximum Gasteiger partial charge on any atom is 0.263 e. The summed E-state index contributed by atoms with van der Waals surface area (Å²) < 4.78 is 20.7. The summed E-state index contributed by atoms with van der Waals surface area (Å²) in [6.45, 7) is 5.86. The van der Waals surface area contributed by atoms with Crippen molar-refractivity contribution in [2.24, 2.45) is 0 Å². The minimum Gasteiger partial charge on any atom is -0.494 e. The Labute approximate surface area is 188 Å².